The number of aromatic nitrogens is 1. The molecule has 0 amide bonds. The first-order chi connectivity index (χ1) is 21.6. The Kier molecular flexibility index (Phi) is 8.12. The van der Waals surface area contributed by atoms with Crippen LogP contribution in [-0.4, -0.2) is 10.7 Å². The van der Waals surface area contributed by atoms with Crippen molar-refractivity contribution in [2.45, 2.75) is 55.0 Å². The molecular formula is C42H41N3. The molecule has 0 saturated carbocycles. The van der Waals surface area contributed by atoms with Crippen molar-refractivity contribution in [3.63, 3.8) is 0 Å². The number of anilines is 2. The number of aryl methyl sites for hydroxylation is 7. The van der Waals surface area contributed by atoms with Crippen molar-refractivity contribution in [3.05, 3.63) is 160 Å². The van der Waals surface area contributed by atoms with Gasteiger partial charge in [0.1, 0.15) is 0 Å². The highest BCUT2D eigenvalue weighted by atomic mass is 15.2. The third-order valence-corrected chi connectivity index (χ3v) is 8.77. The molecule has 4 aromatic carbocycles. The summed E-state index contributed by atoms with van der Waals surface area (Å²) in [5, 5.41) is 0. The summed E-state index contributed by atoms with van der Waals surface area (Å²) in [5.41, 5.74) is 19.1. The summed E-state index contributed by atoms with van der Waals surface area (Å²) < 4.78 is 0. The lowest BCUT2D eigenvalue weighted by molar-refractivity contribution is 0.980. The van der Waals surface area contributed by atoms with Crippen molar-refractivity contribution in [1.82, 2.24) is 4.98 Å². The molecule has 224 valence electrons. The molecular weight excluding hydrogens is 546 g/mol. The van der Waals surface area contributed by atoms with Gasteiger partial charge in [0.25, 0.3) is 0 Å². The second-order valence-electron chi connectivity index (χ2n) is 12.5. The van der Waals surface area contributed by atoms with Gasteiger partial charge in [0.2, 0.25) is 0 Å². The molecule has 3 nitrogen and oxygen atoms in total. The highest BCUT2D eigenvalue weighted by Gasteiger charge is 2.21. The summed E-state index contributed by atoms with van der Waals surface area (Å²) in [7, 11) is 0. The largest absolute Gasteiger partial charge is 0.309 e. The Bertz CT molecular complexity index is 2020. The van der Waals surface area contributed by atoms with Gasteiger partial charge in [0.15, 0.2) is 0 Å². The highest BCUT2D eigenvalue weighted by Crippen LogP contribution is 2.38. The van der Waals surface area contributed by atoms with E-state index < -0.39 is 0 Å². The monoisotopic (exact) mass is 587 g/mol. The van der Waals surface area contributed by atoms with Gasteiger partial charge in [-0.25, -0.2) is 4.98 Å². The van der Waals surface area contributed by atoms with E-state index in [0.717, 1.165) is 45.3 Å². The first-order valence-electron chi connectivity index (χ1n) is 15.6. The Morgan fingerprint density at radius 3 is 1.67 bits per heavy atom. The summed E-state index contributed by atoms with van der Waals surface area (Å²) in [5.74, 6) is 0. The van der Waals surface area contributed by atoms with Crippen LogP contribution in [0.4, 0.5) is 11.4 Å². The molecule has 1 aromatic heterocycles. The van der Waals surface area contributed by atoms with Gasteiger partial charge in [0, 0.05) is 22.5 Å². The molecule has 5 aromatic rings. The van der Waals surface area contributed by atoms with Crippen LogP contribution in [0, 0.1) is 48.5 Å². The van der Waals surface area contributed by atoms with Crippen LogP contribution in [0.3, 0.4) is 0 Å². The zero-order chi connectivity index (χ0) is 31.8. The van der Waals surface area contributed by atoms with E-state index in [1.165, 1.54) is 50.1 Å². The first kappa shape index (κ1) is 30.0. The molecule has 2 heterocycles. The zero-order valence-electron chi connectivity index (χ0n) is 27.5. The number of nitrogens with zero attached hydrogens (tertiary/aromatic N) is 3. The lowest BCUT2D eigenvalue weighted by atomic mass is 9.94. The maximum atomic E-state index is 5.28. The van der Waals surface area contributed by atoms with E-state index in [4.69, 9.17) is 9.98 Å². The third-order valence-electron chi connectivity index (χ3n) is 8.77. The minimum Gasteiger partial charge on any atom is -0.309 e. The molecule has 1 aliphatic rings. The fourth-order valence-corrected chi connectivity index (χ4v) is 6.47. The van der Waals surface area contributed by atoms with E-state index in [2.05, 4.69) is 157 Å². The van der Waals surface area contributed by atoms with Gasteiger partial charge in [-0.15, -0.1) is 0 Å². The average molecular weight is 588 g/mol. The van der Waals surface area contributed by atoms with Crippen molar-refractivity contribution >= 4 is 17.1 Å². The summed E-state index contributed by atoms with van der Waals surface area (Å²) >= 11 is 0. The first-order valence-corrected chi connectivity index (χ1v) is 15.6. The van der Waals surface area contributed by atoms with Crippen LogP contribution in [0.25, 0.3) is 22.4 Å². The van der Waals surface area contributed by atoms with Gasteiger partial charge in [-0.05, 0) is 118 Å². The molecule has 0 aliphatic carbocycles. The lowest BCUT2D eigenvalue weighted by Crippen LogP contribution is -2.17. The van der Waals surface area contributed by atoms with Crippen molar-refractivity contribution in [1.29, 1.82) is 0 Å². The summed E-state index contributed by atoms with van der Waals surface area (Å²) in [4.78, 5) is 12.7. The molecule has 0 unspecified atom stereocenters. The zero-order valence-corrected chi connectivity index (χ0v) is 27.5. The molecule has 45 heavy (non-hydrogen) atoms. The van der Waals surface area contributed by atoms with Gasteiger partial charge in [-0.2, -0.15) is 0 Å². The fourth-order valence-electron chi connectivity index (χ4n) is 6.47. The maximum Gasteiger partial charge on any atom is 0.0865 e. The molecule has 0 spiro atoms. The number of rotatable bonds is 4. The van der Waals surface area contributed by atoms with Gasteiger partial charge < -0.3 is 4.90 Å². The molecule has 3 heteroatoms. The smallest absolute Gasteiger partial charge is 0.0865 e. The molecule has 0 N–H and O–H groups in total. The topological polar surface area (TPSA) is 28.5 Å². The van der Waals surface area contributed by atoms with Crippen LogP contribution in [0.2, 0.25) is 0 Å². The lowest BCUT2D eigenvalue weighted by Gasteiger charge is -2.28. The van der Waals surface area contributed by atoms with E-state index in [9.17, 15) is 0 Å². The van der Waals surface area contributed by atoms with Crippen LogP contribution >= 0.6 is 0 Å². The van der Waals surface area contributed by atoms with Gasteiger partial charge in [-0.3, -0.25) is 4.99 Å². The average Bonchev–Trinajstić information content (AvgIpc) is 3.05. The van der Waals surface area contributed by atoms with Crippen molar-refractivity contribution in [2.24, 2.45) is 4.99 Å². The summed E-state index contributed by atoms with van der Waals surface area (Å²) in [6, 6.07) is 30.8. The number of hydrogen-bond acceptors (Lipinski definition) is 3. The normalized spacial score (nSPS) is 13.9. The predicted octanol–water partition coefficient (Wildman–Crippen LogP) is 10.8. The number of fused-ring (bicyclic) bond motifs is 1. The fraction of sp³-hybridized carbons (Fsp3) is 0.190. The summed E-state index contributed by atoms with van der Waals surface area (Å²) in [6.07, 6.45) is 4.18. The van der Waals surface area contributed by atoms with Gasteiger partial charge in [-0.1, -0.05) is 83.9 Å². The highest BCUT2D eigenvalue weighted by molar-refractivity contribution is 6.10. The molecule has 0 atom stereocenters. The van der Waals surface area contributed by atoms with Crippen LogP contribution in [0.5, 0.6) is 0 Å². The van der Waals surface area contributed by atoms with Crippen LogP contribution in [0.15, 0.2) is 114 Å². The number of pyridine rings is 1. The van der Waals surface area contributed by atoms with Gasteiger partial charge >= 0.3 is 0 Å². The van der Waals surface area contributed by atoms with E-state index in [-0.39, 0.29) is 0 Å². The minimum atomic E-state index is 0.449. The standard InChI is InChI=1S/C42H41N3/c1-26-9-14-35(29(4)21-26)36-17-13-34(24-32(36)7)45-33(8)12-18-39(37-15-10-27(2)22-30(37)5)43-25-41-42(45)20-19-40(44-41)38-16-11-28(3)23-31(38)6/h9-24H,8,25H2,1-7H3/b18-12-,43-39?. The molecule has 6 rings (SSSR count). The Hall–Kier alpha value is -5.02. The Morgan fingerprint density at radius 2 is 1.09 bits per heavy atom. The molecule has 0 fully saturated rings. The summed E-state index contributed by atoms with van der Waals surface area (Å²) in [6.45, 7) is 20.1. The number of benzene rings is 4. The molecule has 0 saturated heterocycles. The Balaban J connectivity index is 1.50. The molecule has 0 bridgehead atoms. The third kappa shape index (κ3) is 6.04. The Labute approximate surface area is 268 Å². The quantitative estimate of drug-likeness (QED) is 0.209. The second kappa shape index (κ2) is 12.2. The van der Waals surface area contributed by atoms with Crippen LogP contribution < -0.4 is 4.90 Å². The van der Waals surface area contributed by atoms with E-state index in [1.807, 2.05) is 0 Å². The van der Waals surface area contributed by atoms with E-state index >= 15 is 0 Å². The predicted molar refractivity (Wildman–Crippen MR) is 192 cm³/mol. The number of hydrogen-bond donors (Lipinski definition) is 0. The molecule has 1 aliphatic heterocycles. The van der Waals surface area contributed by atoms with E-state index in [1.54, 1.807) is 0 Å². The van der Waals surface area contributed by atoms with Crippen molar-refractivity contribution in [2.75, 3.05) is 4.90 Å². The molecule has 0 radical (unpaired) electrons. The van der Waals surface area contributed by atoms with Crippen molar-refractivity contribution < 1.29 is 0 Å². The number of allylic oxidation sites excluding steroid dienone is 2. The van der Waals surface area contributed by atoms with Crippen LogP contribution in [0.1, 0.15) is 50.2 Å². The van der Waals surface area contributed by atoms with E-state index in [0.29, 0.717) is 6.54 Å². The Morgan fingerprint density at radius 1 is 0.556 bits per heavy atom. The number of aliphatic imine (C=N–C) groups is 1. The maximum absolute atomic E-state index is 5.28. The van der Waals surface area contributed by atoms with Gasteiger partial charge in [0.05, 0.1) is 29.3 Å². The second-order valence-corrected chi connectivity index (χ2v) is 12.5. The minimum absolute atomic E-state index is 0.449. The van der Waals surface area contributed by atoms with Crippen molar-refractivity contribution in [3.8, 4) is 22.4 Å². The van der Waals surface area contributed by atoms with Crippen LogP contribution in [-0.2, 0) is 6.54 Å². The SMILES string of the molecule is C=C1/C=C\C(c2ccc(C)cc2C)=NCc2nc(-c3ccc(C)cc3C)ccc2N1c1ccc(-c2ccc(C)cc2C)c(C)c1.